The molecule has 1 amide bonds. The SMILES string of the molecule is Cc1cccc(CNc2ccc(NC(=O)Cc3ccccc3C)cn2)c1. The maximum absolute atomic E-state index is 12.2. The van der Waals surface area contributed by atoms with Crippen molar-refractivity contribution in [2.45, 2.75) is 26.8 Å². The Morgan fingerprint density at radius 3 is 2.58 bits per heavy atom. The molecule has 26 heavy (non-hydrogen) atoms. The first-order valence-corrected chi connectivity index (χ1v) is 8.70. The second kappa shape index (κ2) is 8.30. The number of anilines is 2. The minimum atomic E-state index is -0.0402. The van der Waals surface area contributed by atoms with Crippen molar-refractivity contribution in [1.29, 1.82) is 0 Å². The second-order valence-corrected chi connectivity index (χ2v) is 6.43. The summed E-state index contributed by atoms with van der Waals surface area (Å²) >= 11 is 0. The maximum atomic E-state index is 12.2. The Hall–Kier alpha value is -3.14. The number of aryl methyl sites for hydroxylation is 2. The zero-order chi connectivity index (χ0) is 18.4. The lowest BCUT2D eigenvalue weighted by molar-refractivity contribution is -0.115. The number of carbonyl (C=O) groups excluding carboxylic acids is 1. The van der Waals surface area contributed by atoms with E-state index in [-0.39, 0.29) is 5.91 Å². The van der Waals surface area contributed by atoms with Crippen molar-refractivity contribution in [2.75, 3.05) is 10.6 Å². The van der Waals surface area contributed by atoms with Gasteiger partial charge in [-0.2, -0.15) is 0 Å². The van der Waals surface area contributed by atoms with Gasteiger partial charge in [-0.25, -0.2) is 4.98 Å². The summed E-state index contributed by atoms with van der Waals surface area (Å²) < 4.78 is 0. The smallest absolute Gasteiger partial charge is 0.228 e. The largest absolute Gasteiger partial charge is 0.366 e. The number of hydrogen-bond donors (Lipinski definition) is 2. The Labute approximate surface area is 154 Å². The summed E-state index contributed by atoms with van der Waals surface area (Å²) in [6.07, 6.45) is 2.04. The molecule has 0 aliphatic rings. The fourth-order valence-corrected chi connectivity index (χ4v) is 2.77. The fraction of sp³-hybridized carbons (Fsp3) is 0.182. The number of amides is 1. The van der Waals surface area contributed by atoms with Crippen LogP contribution in [0.5, 0.6) is 0 Å². The first kappa shape index (κ1) is 17.7. The van der Waals surface area contributed by atoms with Crippen LogP contribution in [0.3, 0.4) is 0 Å². The highest BCUT2D eigenvalue weighted by Crippen LogP contribution is 2.13. The molecule has 0 spiro atoms. The molecule has 4 nitrogen and oxygen atoms in total. The van der Waals surface area contributed by atoms with E-state index in [2.05, 4.69) is 40.7 Å². The quantitative estimate of drug-likeness (QED) is 0.692. The number of pyridine rings is 1. The molecule has 0 saturated heterocycles. The van der Waals surface area contributed by atoms with Gasteiger partial charge in [-0.05, 0) is 42.7 Å². The summed E-state index contributed by atoms with van der Waals surface area (Å²) in [6, 6.07) is 20.0. The van der Waals surface area contributed by atoms with Crippen LogP contribution in [0.25, 0.3) is 0 Å². The number of carbonyl (C=O) groups is 1. The first-order valence-electron chi connectivity index (χ1n) is 8.70. The summed E-state index contributed by atoms with van der Waals surface area (Å²) in [5.74, 6) is 0.741. The minimum Gasteiger partial charge on any atom is -0.366 e. The van der Waals surface area contributed by atoms with Gasteiger partial charge in [0.15, 0.2) is 0 Å². The molecule has 3 aromatic rings. The van der Waals surface area contributed by atoms with Crippen LogP contribution >= 0.6 is 0 Å². The molecule has 2 aromatic carbocycles. The van der Waals surface area contributed by atoms with E-state index in [0.29, 0.717) is 18.7 Å². The standard InChI is InChI=1S/C22H23N3O/c1-16-6-5-8-18(12-16)14-23-21-11-10-20(15-24-21)25-22(26)13-19-9-4-3-7-17(19)2/h3-12,15H,13-14H2,1-2H3,(H,23,24)(H,25,26). The monoisotopic (exact) mass is 345 g/mol. The third kappa shape index (κ3) is 4.93. The number of nitrogens with zero attached hydrogens (tertiary/aromatic N) is 1. The normalized spacial score (nSPS) is 10.4. The van der Waals surface area contributed by atoms with Gasteiger partial charge in [0.05, 0.1) is 18.3 Å². The zero-order valence-electron chi connectivity index (χ0n) is 15.1. The molecule has 1 aromatic heterocycles. The van der Waals surface area contributed by atoms with Crippen LogP contribution in [0.4, 0.5) is 11.5 Å². The van der Waals surface area contributed by atoms with Gasteiger partial charge in [0.1, 0.15) is 5.82 Å². The fourth-order valence-electron chi connectivity index (χ4n) is 2.77. The average Bonchev–Trinajstić information content (AvgIpc) is 2.63. The van der Waals surface area contributed by atoms with Gasteiger partial charge in [-0.3, -0.25) is 4.79 Å². The van der Waals surface area contributed by atoms with Crippen molar-refractivity contribution >= 4 is 17.4 Å². The first-order chi connectivity index (χ1) is 12.6. The average molecular weight is 345 g/mol. The van der Waals surface area contributed by atoms with Gasteiger partial charge >= 0.3 is 0 Å². The van der Waals surface area contributed by atoms with Crippen molar-refractivity contribution < 1.29 is 4.79 Å². The second-order valence-electron chi connectivity index (χ2n) is 6.43. The Morgan fingerprint density at radius 1 is 1.00 bits per heavy atom. The molecule has 3 rings (SSSR count). The third-order valence-electron chi connectivity index (χ3n) is 4.22. The van der Waals surface area contributed by atoms with E-state index in [4.69, 9.17) is 0 Å². The molecular formula is C22H23N3O. The molecule has 0 atom stereocenters. The number of nitrogens with one attached hydrogen (secondary N) is 2. The van der Waals surface area contributed by atoms with E-state index in [0.717, 1.165) is 16.9 Å². The molecule has 0 aliphatic heterocycles. The van der Waals surface area contributed by atoms with Crippen molar-refractivity contribution in [3.8, 4) is 0 Å². The van der Waals surface area contributed by atoms with Gasteiger partial charge in [0.25, 0.3) is 0 Å². The van der Waals surface area contributed by atoms with Gasteiger partial charge in [-0.1, -0.05) is 54.1 Å². The van der Waals surface area contributed by atoms with E-state index in [9.17, 15) is 4.79 Å². The van der Waals surface area contributed by atoms with Crippen molar-refractivity contribution in [3.05, 3.63) is 89.1 Å². The van der Waals surface area contributed by atoms with E-state index >= 15 is 0 Å². The Morgan fingerprint density at radius 2 is 1.85 bits per heavy atom. The molecule has 0 unspecified atom stereocenters. The Kier molecular flexibility index (Phi) is 5.64. The molecule has 0 aliphatic carbocycles. The number of aromatic nitrogens is 1. The minimum absolute atomic E-state index is 0.0402. The van der Waals surface area contributed by atoms with Crippen molar-refractivity contribution in [3.63, 3.8) is 0 Å². The Balaban J connectivity index is 1.54. The highest BCUT2D eigenvalue weighted by Gasteiger charge is 2.06. The van der Waals surface area contributed by atoms with Gasteiger partial charge in [0, 0.05) is 6.54 Å². The van der Waals surface area contributed by atoms with E-state index in [1.165, 1.54) is 11.1 Å². The lowest BCUT2D eigenvalue weighted by Crippen LogP contribution is -2.15. The van der Waals surface area contributed by atoms with Gasteiger partial charge < -0.3 is 10.6 Å². The lowest BCUT2D eigenvalue weighted by Gasteiger charge is -2.09. The van der Waals surface area contributed by atoms with Crippen LogP contribution in [-0.2, 0) is 17.8 Å². The molecule has 0 fully saturated rings. The van der Waals surface area contributed by atoms with E-state index < -0.39 is 0 Å². The molecule has 132 valence electrons. The molecule has 4 heteroatoms. The van der Waals surface area contributed by atoms with E-state index in [1.54, 1.807) is 6.20 Å². The molecule has 1 heterocycles. The third-order valence-corrected chi connectivity index (χ3v) is 4.22. The number of rotatable bonds is 6. The predicted octanol–water partition coefficient (Wildman–Crippen LogP) is 4.49. The zero-order valence-corrected chi connectivity index (χ0v) is 15.1. The maximum Gasteiger partial charge on any atom is 0.228 e. The predicted molar refractivity (Wildman–Crippen MR) is 106 cm³/mol. The van der Waals surface area contributed by atoms with Crippen LogP contribution in [0.2, 0.25) is 0 Å². The van der Waals surface area contributed by atoms with Gasteiger partial charge in [0.2, 0.25) is 5.91 Å². The number of benzene rings is 2. The molecule has 0 bridgehead atoms. The molecule has 0 radical (unpaired) electrons. The summed E-state index contributed by atoms with van der Waals surface area (Å²) in [4.78, 5) is 16.6. The van der Waals surface area contributed by atoms with Crippen molar-refractivity contribution in [1.82, 2.24) is 4.98 Å². The topological polar surface area (TPSA) is 54.0 Å². The highest BCUT2D eigenvalue weighted by molar-refractivity contribution is 5.92. The summed E-state index contributed by atoms with van der Waals surface area (Å²) in [5, 5.41) is 6.19. The molecular weight excluding hydrogens is 322 g/mol. The Bertz CT molecular complexity index is 888. The van der Waals surface area contributed by atoms with Crippen LogP contribution in [0.1, 0.15) is 22.3 Å². The van der Waals surface area contributed by atoms with Crippen LogP contribution < -0.4 is 10.6 Å². The summed E-state index contributed by atoms with van der Waals surface area (Å²) in [6.45, 7) is 4.81. The highest BCUT2D eigenvalue weighted by atomic mass is 16.1. The van der Waals surface area contributed by atoms with Gasteiger partial charge in [-0.15, -0.1) is 0 Å². The van der Waals surface area contributed by atoms with Crippen LogP contribution in [0, 0.1) is 13.8 Å². The lowest BCUT2D eigenvalue weighted by atomic mass is 10.1. The summed E-state index contributed by atoms with van der Waals surface area (Å²) in [5.41, 5.74) is 5.31. The van der Waals surface area contributed by atoms with E-state index in [1.807, 2.05) is 49.4 Å². The van der Waals surface area contributed by atoms with Crippen LogP contribution in [0.15, 0.2) is 66.9 Å². The number of hydrogen-bond acceptors (Lipinski definition) is 3. The summed E-state index contributed by atoms with van der Waals surface area (Å²) in [7, 11) is 0. The van der Waals surface area contributed by atoms with Crippen LogP contribution in [-0.4, -0.2) is 10.9 Å². The molecule has 2 N–H and O–H groups in total. The van der Waals surface area contributed by atoms with Crippen molar-refractivity contribution in [2.24, 2.45) is 0 Å². The molecule has 0 saturated carbocycles.